The van der Waals surface area contributed by atoms with Crippen LogP contribution in [-0.4, -0.2) is 66.6 Å². The molecule has 0 saturated heterocycles. The summed E-state index contributed by atoms with van der Waals surface area (Å²) in [6.07, 6.45) is 8.87. The molecule has 170 valence electrons. The molecule has 0 fully saturated rings. The first-order valence-corrected chi connectivity index (χ1v) is 10.8. The lowest BCUT2D eigenvalue weighted by Crippen LogP contribution is -2.43. The molecule has 0 spiro atoms. The quantitative estimate of drug-likeness (QED) is 0.192. The van der Waals surface area contributed by atoms with Crippen molar-refractivity contribution < 1.29 is 19.5 Å². The summed E-state index contributed by atoms with van der Waals surface area (Å²) in [5.41, 5.74) is 16.9. The first-order valence-electron chi connectivity index (χ1n) is 10.8. The molecule has 0 rings (SSSR count). The molecule has 0 aromatic carbocycles. The van der Waals surface area contributed by atoms with Crippen molar-refractivity contribution in [2.24, 2.45) is 17.2 Å². The van der Waals surface area contributed by atoms with E-state index in [9.17, 15) is 14.4 Å². The maximum absolute atomic E-state index is 12.1. The van der Waals surface area contributed by atoms with Crippen LogP contribution in [0.2, 0.25) is 0 Å². The molecular weight excluding hydrogens is 374 g/mol. The number of carbonyl (C=O) groups excluding carboxylic acids is 2. The molecule has 0 unspecified atom stereocenters. The number of nitrogens with two attached hydrogens (primary N) is 3. The highest BCUT2D eigenvalue weighted by Gasteiger charge is 2.17. The second-order valence-corrected chi connectivity index (χ2v) is 7.37. The third-order valence-electron chi connectivity index (χ3n) is 4.77. The van der Waals surface area contributed by atoms with Crippen molar-refractivity contribution >= 4 is 17.8 Å². The molecule has 8 N–H and O–H groups in total. The SMILES string of the molecule is NCCN(CCN)C(=O)CC[C@H](N)C(=O)NCCCCCCCCCCC(=O)O. The smallest absolute Gasteiger partial charge is 0.303 e. The number of amides is 2. The van der Waals surface area contributed by atoms with Crippen LogP contribution in [0.1, 0.15) is 70.6 Å². The highest BCUT2D eigenvalue weighted by atomic mass is 16.4. The van der Waals surface area contributed by atoms with Gasteiger partial charge >= 0.3 is 5.97 Å². The predicted octanol–water partition coefficient (Wildman–Crippen LogP) is 0.552. The van der Waals surface area contributed by atoms with Crippen LogP contribution in [-0.2, 0) is 14.4 Å². The lowest BCUT2D eigenvalue weighted by Gasteiger charge is -2.22. The van der Waals surface area contributed by atoms with Crippen LogP contribution < -0.4 is 22.5 Å². The summed E-state index contributed by atoms with van der Waals surface area (Å²) >= 11 is 0. The molecule has 29 heavy (non-hydrogen) atoms. The summed E-state index contributed by atoms with van der Waals surface area (Å²) in [4.78, 5) is 36.2. The summed E-state index contributed by atoms with van der Waals surface area (Å²) in [7, 11) is 0. The zero-order chi connectivity index (χ0) is 21.9. The van der Waals surface area contributed by atoms with Crippen LogP contribution >= 0.6 is 0 Å². The van der Waals surface area contributed by atoms with Crippen LogP contribution in [0, 0.1) is 0 Å². The minimum absolute atomic E-state index is 0.0767. The monoisotopic (exact) mass is 415 g/mol. The lowest BCUT2D eigenvalue weighted by molar-refractivity contribution is -0.137. The maximum atomic E-state index is 12.1. The Labute approximate surface area is 174 Å². The zero-order valence-electron chi connectivity index (χ0n) is 17.7. The standard InChI is InChI=1S/C20H41N5O4/c21-12-15-25(16-13-22)18(26)11-10-17(23)20(29)24-14-8-6-4-2-1-3-5-7-9-19(27)28/h17H,1-16,21-23H2,(H,24,29)(H,27,28)/t17-/m0/s1. The lowest BCUT2D eigenvalue weighted by atomic mass is 10.1. The molecule has 0 aliphatic carbocycles. The van der Waals surface area contributed by atoms with Crippen LogP contribution in [0.25, 0.3) is 0 Å². The summed E-state index contributed by atoms with van der Waals surface area (Å²) in [5, 5.41) is 11.4. The number of carboxylic acid groups (broad SMARTS) is 1. The van der Waals surface area contributed by atoms with Gasteiger partial charge in [-0.05, 0) is 19.3 Å². The number of nitrogens with zero attached hydrogens (tertiary/aromatic N) is 1. The average Bonchev–Trinajstić information content (AvgIpc) is 2.69. The normalized spacial score (nSPS) is 11.8. The second kappa shape index (κ2) is 18.3. The van der Waals surface area contributed by atoms with E-state index in [-0.39, 0.29) is 24.7 Å². The van der Waals surface area contributed by atoms with Crippen LogP contribution in [0.4, 0.5) is 0 Å². The highest BCUT2D eigenvalue weighted by molar-refractivity contribution is 5.83. The summed E-state index contributed by atoms with van der Waals surface area (Å²) in [5.74, 6) is -1.02. The molecule has 9 heteroatoms. The minimum Gasteiger partial charge on any atom is -0.481 e. The van der Waals surface area contributed by atoms with E-state index in [4.69, 9.17) is 22.3 Å². The number of unbranched alkanes of at least 4 members (excludes halogenated alkanes) is 7. The fourth-order valence-corrected chi connectivity index (χ4v) is 3.05. The molecule has 0 aromatic rings. The fourth-order valence-electron chi connectivity index (χ4n) is 3.05. The van der Waals surface area contributed by atoms with Gasteiger partial charge in [-0.1, -0.05) is 38.5 Å². The molecule has 1 atom stereocenters. The molecule has 0 aliphatic rings. The van der Waals surface area contributed by atoms with E-state index < -0.39 is 12.0 Å². The molecule has 9 nitrogen and oxygen atoms in total. The Bertz CT molecular complexity index is 456. The molecule has 0 aliphatic heterocycles. The Hall–Kier alpha value is -1.71. The third-order valence-corrected chi connectivity index (χ3v) is 4.77. The number of rotatable bonds is 19. The van der Waals surface area contributed by atoms with Gasteiger partial charge in [-0.3, -0.25) is 14.4 Å². The summed E-state index contributed by atoms with van der Waals surface area (Å²) in [6, 6.07) is -0.692. The van der Waals surface area contributed by atoms with Crippen molar-refractivity contribution in [2.45, 2.75) is 76.7 Å². The van der Waals surface area contributed by atoms with E-state index in [2.05, 4.69) is 5.32 Å². The third kappa shape index (κ3) is 15.8. The molecule has 0 heterocycles. The van der Waals surface area contributed by atoms with Gasteiger partial charge in [0.25, 0.3) is 0 Å². The van der Waals surface area contributed by atoms with Crippen molar-refractivity contribution in [1.82, 2.24) is 10.2 Å². The van der Waals surface area contributed by atoms with Crippen LogP contribution in [0.15, 0.2) is 0 Å². The molecular formula is C20H41N5O4. The van der Waals surface area contributed by atoms with Gasteiger partial charge in [-0.15, -0.1) is 0 Å². The zero-order valence-corrected chi connectivity index (χ0v) is 17.7. The Morgan fingerprint density at radius 2 is 1.34 bits per heavy atom. The Morgan fingerprint density at radius 3 is 1.86 bits per heavy atom. The van der Waals surface area contributed by atoms with E-state index in [1.165, 1.54) is 0 Å². The predicted molar refractivity (Wildman–Crippen MR) is 114 cm³/mol. The van der Waals surface area contributed by atoms with Gasteiger partial charge in [0, 0.05) is 45.6 Å². The van der Waals surface area contributed by atoms with Gasteiger partial charge in [-0.25, -0.2) is 0 Å². The Kier molecular flexibility index (Phi) is 17.2. The molecule has 0 radical (unpaired) electrons. The minimum atomic E-state index is -0.724. The topological polar surface area (TPSA) is 165 Å². The first-order chi connectivity index (χ1) is 13.9. The van der Waals surface area contributed by atoms with Crippen molar-refractivity contribution in [3.05, 3.63) is 0 Å². The van der Waals surface area contributed by atoms with E-state index in [1.807, 2.05) is 0 Å². The fraction of sp³-hybridized carbons (Fsp3) is 0.850. The van der Waals surface area contributed by atoms with Gasteiger partial charge in [0.15, 0.2) is 0 Å². The first kappa shape index (κ1) is 27.3. The maximum Gasteiger partial charge on any atom is 0.303 e. The molecule has 0 aromatic heterocycles. The van der Waals surface area contributed by atoms with Gasteiger partial charge < -0.3 is 32.5 Å². The number of carbonyl (C=O) groups is 3. The van der Waals surface area contributed by atoms with Crippen LogP contribution in [0.5, 0.6) is 0 Å². The second-order valence-electron chi connectivity index (χ2n) is 7.37. The van der Waals surface area contributed by atoms with E-state index in [0.29, 0.717) is 39.1 Å². The Morgan fingerprint density at radius 1 is 0.828 bits per heavy atom. The number of hydrogen-bond donors (Lipinski definition) is 5. The van der Waals surface area contributed by atoms with Gasteiger partial charge in [0.1, 0.15) is 0 Å². The van der Waals surface area contributed by atoms with E-state index >= 15 is 0 Å². The molecule has 0 bridgehead atoms. The summed E-state index contributed by atoms with van der Waals surface area (Å²) in [6.45, 7) is 2.26. The van der Waals surface area contributed by atoms with Crippen molar-refractivity contribution in [1.29, 1.82) is 0 Å². The van der Waals surface area contributed by atoms with Crippen molar-refractivity contribution in [3.8, 4) is 0 Å². The van der Waals surface area contributed by atoms with Crippen molar-refractivity contribution in [2.75, 3.05) is 32.7 Å². The highest BCUT2D eigenvalue weighted by Crippen LogP contribution is 2.09. The number of hydrogen-bond acceptors (Lipinski definition) is 6. The summed E-state index contributed by atoms with van der Waals surface area (Å²) < 4.78 is 0. The van der Waals surface area contributed by atoms with E-state index in [1.54, 1.807) is 4.90 Å². The number of carboxylic acids is 1. The number of nitrogens with one attached hydrogen (secondary N) is 1. The number of aliphatic carboxylic acids is 1. The molecule has 2 amide bonds. The van der Waals surface area contributed by atoms with Gasteiger partial charge in [0.2, 0.25) is 11.8 Å². The Balaban J connectivity index is 3.69. The van der Waals surface area contributed by atoms with Gasteiger partial charge in [0.05, 0.1) is 6.04 Å². The van der Waals surface area contributed by atoms with Crippen LogP contribution in [0.3, 0.4) is 0 Å². The average molecular weight is 416 g/mol. The largest absolute Gasteiger partial charge is 0.481 e. The van der Waals surface area contributed by atoms with Gasteiger partial charge in [-0.2, -0.15) is 0 Å². The molecule has 0 saturated carbocycles. The van der Waals surface area contributed by atoms with E-state index in [0.717, 1.165) is 51.4 Å². The van der Waals surface area contributed by atoms with Crippen molar-refractivity contribution in [3.63, 3.8) is 0 Å².